The lowest BCUT2D eigenvalue weighted by Crippen LogP contribution is -2.18. The van der Waals surface area contributed by atoms with E-state index in [1.807, 2.05) is 0 Å². The third kappa shape index (κ3) is 2.82. The number of aromatic nitrogens is 3. The van der Waals surface area contributed by atoms with E-state index in [0.717, 1.165) is 17.8 Å². The minimum atomic E-state index is -4.32. The summed E-state index contributed by atoms with van der Waals surface area (Å²) in [5.41, 5.74) is 0.735. The molecule has 20 heavy (non-hydrogen) atoms. The average molecular weight is 282 g/mol. The standard InChI is InChI=1S/C13H13F3N4/c14-13(15,16)9-1-5-11(6-2-9)20-12(8-18-19-20)7-17-10-3-4-10/h1-2,5-6,8,10,17H,3-4,7H2. The van der Waals surface area contributed by atoms with Crippen molar-refractivity contribution in [3.8, 4) is 5.69 Å². The normalized spacial score (nSPS) is 15.6. The summed E-state index contributed by atoms with van der Waals surface area (Å²) in [5, 5.41) is 11.1. The summed E-state index contributed by atoms with van der Waals surface area (Å²) in [5.74, 6) is 0. The molecule has 2 aromatic rings. The average Bonchev–Trinajstić information content (AvgIpc) is 3.12. The predicted molar refractivity (Wildman–Crippen MR) is 66.2 cm³/mol. The molecule has 4 nitrogen and oxygen atoms in total. The van der Waals surface area contributed by atoms with Crippen molar-refractivity contribution >= 4 is 0 Å². The fraction of sp³-hybridized carbons (Fsp3) is 0.385. The van der Waals surface area contributed by atoms with Gasteiger partial charge in [0, 0.05) is 12.6 Å². The van der Waals surface area contributed by atoms with Crippen LogP contribution < -0.4 is 5.32 Å². The molecule has 1 aliphatic rings. The lowest BCUT2D eigenvalue weighted by atomic mass is 10.2. The summed E-state index contributed by atoms with van der Waals surface area (Å²) >= 11 is 0. The van der Waals surface area contributed by atoms with Crippen molar-refractivity contribution in [3.05, 3.63) is 41.7 Å². The summed E-state index contributed by atoms with van der Waals surface area (Å²) in [4.78, 5) is 0. The minimum absolute atomic E-state index is 0.547. The largest absolute Gasteiger partial charge is 0.416 e. The first-order valence-electron chi connectivity index (χ1n) is 6.34. The number of rotatable bonds is 4. The van der Waals surface area contributed by atoms with E-state index in [-0.39, 0.29) is 0 Å². The first-order valence-corrected chi connectivity index (χ1v) is 6.34. The van der Waals surface area contributed by atoms with Crippen molar-refractivity contribution in [2.75, 3.05) is 0 Å². The number of alkyl halides is 3. The Morgan fingerprint density at radius 3 is 2.50 bits per heavy atom. The van der Waals surface area contributed by atoms with Crippen molar-refractivity contribution in [2.45, 2.75) is 31.6 Å². The van der Waals surface area contributed by atoms with Gasteiger partial charge in [0.05, 0.1) is 23.1 Å². The molecular formula is C13H13F3N4. The number of hydrogen-bond acceptors (Lipinski definition) is 3. The molecule has 1 aromatic carbocycles. The summed E-state index contributed by atoms with van der Waals surface area (Å²) < 4.78 is 39.1. The summed E-state index contributed by atoms with van der Waals surface area (Å²) in [6.07, 6.45) is -0.367. The van der Waals surface area contributed by atoms with E-state index in [4.69, 9.17) is 0 Å². The molecule has 0 atom stereocenters. The van der Waals surface area contributed by atoms with Crippen molar-refractivity contribution in [1.29, 1.82) is 0 Å². The van der Waals surface area contributed by atoms with Gasteiger partial charge in [-0.15, -0.1) is 5.10 Å². The van der Waals surface area contributed by atoms with E-state index in [0.29, 0.717) is 18.3 Å². The second kappa shape index (κ2) is 4.90. The molecule has 1 saturated carbocycles. The van der Waals surface area contributed by atoms with Gasteiger partial charge in [-0.2, -0.15) is 13.2 Å². The smallest absolute Gasteiger partial charge is 0.308 e. The molecular weight excluding hydrogens is 269 g/mol. The lowest BCUT2D eigenvalue weighted by molar-refractivity contribution is -0.137. The van der Waals surface area contributed by atoms with Crippen molar-refractivity contribution in [3.63, 3.8) is 0 Å². The Morgan fingerprint density at radius 1 is 1.20 bits per heavy atom. The molecule has 7 heteroatoms. The van der Waals surface area contributed by atoms with Gasteiger partial charge >= 0.3 is 6.18 Å². The zero-order chi connectivity index (χ0) is 14.2. The van der Waals surface area contributed by atoms with Crippen LogP contribution in [0.4, 0.5) is 13.2 Å². The molecule has 1 aliphatic carbocycles. The molecule has 1 aromatic heterocycles. The molecule has 0 unspecified atom stereocenters. The van der Waals surface area contributed by atoms with Gasteiger partial charge in [-0.25, -0.2) is 4.68 Å². The van der Waals surface area contributed by atoms with E-state index in [1.165, 1.54) is 25.0 Å². The highest BCUT2D eigenvalue weighted by atomic mass is 19.4. The van der Waals surface area contributed by atoms with Crippen molar-refractivity contribution in [2.24, 2.45) is 0 Å². The third-order valence-electron chi connectivity index (χ3n) is 3.21. The first kappa shape index (κ1) is 13.1. The number of nitrogens with one attached hydrogen (secondary N) is 1. The first-order chi connectivity index (χ1) is 9.54. The number of nitrogens with zero attached hydrogens (tertiary/aromatic N) is 3. The highest BCUT2D eigenvalue weighted by Crippen LogP contribution is 2.29. The summed E-state index contributed by atoms with van der Waals surface area (Å²) in [7, 11) is 0. The van der Waals surface area contributed by atoms with Gasteiger partial charge in [0.25, 0.3) is 0 Å². The molecule has 0 bridgehead atoms. The quantitative estimate of drug-likeness (QED) is 0.937. The van der Waals surface area contributed by atoms with E-state index >= 15 is 0 Å². The van der Waals surface area contributed by atoms with Crippen molar-refractivity contribution < 1.29 is 13.2 Å². The van der Waals surface area contributed by atoms with Crippen LogP contribution in [0.3, 0.4) is 0 Å². The molecule has 0 amide bonds. The zero-order valence-electron chi connectivity index (χ0n) is 10.6. The van der Waals surface area contributed by atoms with Gasteiger partial charge in [-0.1, -0.05) is 5.21 Å². The number of hydrogen-bond donors (Lipinski definition) is 1. The Morgan fingerprint density at radius 2 is 1.90 bits per heavy atom. The van der Waals surface area contributed by atoms with Crippen LogP contribution in [-0.4, -0.2) is 21.0 Å². The lowest BCUT2D eigenvalue weighted by Gasteiger charge is -2.09. The van der Waals surface area contributed by atoms with Gasteiger partial charge in [-0.05, 0) is 37.1 Å². The fourth-order valence-corrected chi connectivity index (χ4v) is 1.92. The SMILES string of the molecule is FC(F)(F)c1ccc(-n2nncc2CNC2CC2)cc1. The van der Waals surface area contributed by atoms with Gasteiger partial charge < -0.3 is 5.32 Å². The maximum atomic E-state index is 12.5. The van der Waals surface area contributed by atoms with Gasteiger partial charge in [-0.3, -0.25) is 0 Å². The van der Waals surface area contributed by atoms with E-state index < -0.39 is 11.7 Å². The van der Waals surface area contributed by atoms with Crippen LogP contribution in [-0.2, 0) is 12.7 Å². The van der Waals surface area contributed by atoms with Crippen LogP contribution >= 0.6 is 0 Å². The topological polar surface area (TPSA) is 42.7 Å². The second-order valence-electron chi connectivity index (χ2n) is 4.84. The third-order valence-corrected chi connectivity index (χ3v) is 3.21. The molecule has 0 spiro atoms. The van der Waals surface area contributed by atoms with Crippen LogP contribution in [0.25, 0.3) is 5.69 Å². The Labute approximate surface area is 113 Å². The van der Waals surface area contributed by atoms with E-state index in [2.05, 4.69) is 15.6 Å². The Balaban J connectivity index is 1.79. The zero-order valence-corrected chi connectivity index (χ0v) is 10.6. The molecule has 1 N–H and O–H groups in total. The monoisotopic (exact) mass is 282 g/mol. The summed E-state index contributed by atoms with van der Waals surface area (Å²) in [6.45, 7) is 0.610. The predicted octanol–water partition coefficient (Wildman–Crippen LogP) is 2.54. The second-order valence-corrected chi connectivity index (χ2v) is 4.84. The van der Waals surface area contributed by atoms with Crippen LogP contribution in [0.5, 0.6) is 0 Å². The van der Waals surface area contributed by atoms with E-state index in [9.17, 15) is 13.2 Å². The Bertz CT molecular complexity index is 584. The van der Waals surface area contributed by atoms with Crippen LogP contribution in [0.15, 0.2) is 30.5 Å². The Hall–Kier alpha value is -1.89. The molecule has 0 radical (unpaired) electrons. The van der Waals surface area contributed by atoms with E-state index in [1.54, 1.807) is 10.9 Å². The molecule has 1 heterocycles. The number of halogens is 3. The maximum absolute atomic E-state index is 12.5. The van der Waals surface area contributed by atoms with Gasteiger partial charge in [0.1, 0.15) is 0 Å². The van der Waals surface area contributed by atoms with Crippen molar-refractivity contribution in [1.82, 2.24) is 20.3 Å². The van der Waals surface area contributed by atoms with Gasteiger partial charge in [0.2, 0.25) is 0 Å². The maximum Gasteiger partial charge on any atom is 0.416 e. The van der Waals surface area contributed by atoms with Crippen LogP contribution in [0.1, 0.15) is 24.1 Å². The number of benzene rings is 1. The van der Waals surface area contributed by atoms with Gasteiger partial charge in [0.15, 0.2) is 0 Å². The highest BCUT2D eigenvalue weighted by Gasteiger charge is 2.30. The highest BCUT2D eigenvalue weighted by molar-refractivity contribution is 5.35. The summed E-state index contributed by atoms with van der Waals surface area (Å²) in [6, 6.07) is 5.45. The molecule has 1 fully saturated rings. The van der Waals surface area contributed by atoms with Crippen LogP contribution in [0.2, 0.25) is 0 Å². The molecule has 0 saturated heterocycles. The minimum Gasteiger partial charge on any atom is -0.308 e. The van der Waals surface area contributed by atoms with Crippen LogP contribution in [0, 0.1) is 0 Å². The fourth-order valence-electron chi connectivity index (χ4n) is 1.92. The molecule has 0 aliphatic heterocycles. The molecule has 106 valence electrons. The molecule has 3 rings (SSSR count). The Kier molecular flexibility index (Phi) is 3.21.